The molecule has 29 heavy (non-hydrogen) atoms. The number of carbonyl (C=O) groups is 1. The van der Waals surface area contributed by atoms with Gasteiger partial charge >= 0.3 is 0 Å². The summed E-state index contributed by atoms with van der Waals surface area (Å²) in [4.78, 5) is 13.9. The van der Waals surface area contributed by atoms with Crippen LogP contribution in [0.4, 0.5) is 5.69 Å². The molecule has 1 fully saturated rings. The van der Waals surface area contributed by atoms with E-state index in [2.05, 4.69) is 5.32 Å². The predicted octanol–water partition coefficient (Wildman–Crippen LogP) is 3.91. The van der Waals surface area contributed by atoms with Crippen molar-refractivity contribution in [2.75, 3.05) is 25.5 Å². The van der Waals surface area contributed by atoms with Crippen molar-refractivity contribution in [1.82, 2.24) is 4.31 Å². The Balaban J connectivity index is 1.78. The third-order valence-electron chi connectivity index (χ3n) is 4.83. The van der Waals surface area contributed by atoms with Crippen LogP contribution in [-0.4, -0.2) is 44.1 Å². The molecule has 0 spiro atoms. The molecule has 156 valence electrons. The summed E-state index contributed by atoms with van der Waals surface area (Å²) in [5.41, 5.74) is 1.52. The highest BCUT2D eigenvalue weighted by molar-refractivity contribution is 8.00. The van der Waals surface area contributed by atoms with Crippen LogP contribution in [0.1, 0.15) is 25.3 Å². The zero-order chi connectivity index (χ0) is 21.0. The van der Waals surface area contributed by atoms with Crippen LogP contribution in [-0.2, 0) is 14.8 Å². The topological polar surface area (TPSA) is 75.7 Å². The third-order valence-corrected chi connectivity index (χ3v) is 7.84. The quantitative estimate of drug-likeness (QED) is 0.669. The molecule has 2 aromatic carbocycles. The number of hydrogen-bond acceptors (Lipinski definition) is 5. The van der Waals surface area contributed by atoms with Crippen molar-refractivity contribution in [3.05, 3.63) is 48.0 Å². The Bertz CT molecular complexity index is 969. The Kier molecular flexibility index (Phi) is 6.87. The largest absolute Gasteiger partial charge is 0.495 e. The molecule has 0 aromatic heterocycles. The van der Waals surface area contributed by atoms with E-state index in [9.17, 15) is 13.2 Å². The van der Waals surface area contributed by atoms with Crippen molar-refractivity contribution in [3.63, 3.8) is 0 Å². The van der Waals surface area contributed by atoms with Gasteiger partial charge in [-0.1, -0.05) is 17.7 Å². The molecule has 0 saturated carbocycles. The van der Waals surface area contributed by atoms with Gasteiger partial charge in [0.25, 0.3) is 0 Å². The first-order valence-corrected chi connectivity index (χ1v) is 11.9. The molecular formula is C21H26N2O4S2. The maximum atomic E-state index is 12.8. The molecule has 2 aromatic rings. The third kappa shape index (κ3) is 5.12. The molecule has 6 nitrogen and oxygen atoms in total. The fraction of sp³-hybridized carbons (Fsp3) is 0.381. The maximum absolute atomic E-state index is 12.8. The van der Waals surface area contributed by atoms with Crippen LogP contribution in [0.3, 0.4) is 0 Å². The average Bonchev–Trinajstić information content (AvgIpc) is 3.25. The number of rotatable bonds is 7. The molecule has 1 amide bonds. The number of hydrogen-bond donors (Lipinski definition) is 1. The summed E-state index contributed by atoms with van der Waals surface area (Å²) in [6.07, 6.45) is 1.74. The van der Waals surface area contributed by atoms with Gasteiger partial charge < -0.3 is 10.1 Å². The lowest BCUT2D eigenvalue weighted by atomic mass is 10.2. The smallest absolute Gasteiger partial charge is 0.243 e. The van der Waals surface area contributed by atoms with Crippen molar-refractivity contribution in [2.45, 2.75) is 41.7 Å². The van der Waals surface area contributed by atoms with Gasteiger partial charge in [0.15, 0.2) is 0 Å². The minimum Gasteiger partial charge on any atom is -0.495 e. The number of sulfonamides is 1. The van der Waals surface area contributed by atoms with Crippen molar-refractivity contribution in [3.8, 4) is 5.75 Å². The fourth-order valence-corrected chi connectivity index (χ4v) is 5.54. The van der Waals surface area contributed by atoms with E-state index in [1.54, 1.807) is 6.07 Å². The first kappa shape index (κ1) is 21.7. The van der Waals surface area contributed by atoms with Crippen LogP contribution in [0, 0.1) is 6.92 Å². The number of aryl methyl sites for hydroxylation is 1. The highest BCUT2D eigenvalue weighted by Gasteiger charge is 2.28. The van der Waals surface area contributed by atoms with Crippen LogP contribution in [0.15, 0.2) is 52.3 Å². The molecule has 0 radical (unpaired) electrons. The standard InChI is InChI=1S/C21H26N2O4S2/c1-15-6-8-17(9-7-15)28-16(2)21(24)22-19-14-18(10-11-20(19)27-3)29(25,26)23-12-4-5-13-23/h6-11,14,16H,4-5,12-13H2,1-3H3,(H,22,24)/t16-/m0/s1. The maximum Gasteiger partial charge on any atom is 0.243 e. The normalized spacial score (nSPS) is 15.8. The number of thioether (sulfide) groups is 1. The first-order valence-electron chi connectivity index (χ1n) is 9.53. The van der Waals surface area contributed by atoms with Gasteiger partial charge in [0.05, 0.1) is 22.9 Å². The number of methoxy groups -OCH3 is 1. The number of ether oxygens (including phenoxy) is 1. The molecule has 1 atom stereocenters. The second kappa shape index (κ2) is 9.19. The van der Waals surface area contributed by atoms with Crippen LogP contribution in [0.5, 0.6) is 5.75 Å². The lowest BCUT2D eigenvalue weighted by Gasteiger charge is -2.18. The Hall–Kier alpha value is -2.03. The van der Waals surface area contributed by atoms with Gasteiger partial charge in [-0.3, -0.25) is 4.79 Å². The molecule has 0 aliphatic carbocycles. The number of nitrogens with zero attached hydrogens (tertiary/aromatic N) is 1. The van der Waals surface area contributed by atoms with Crippen LogP contribution in [0.25, 0.3) is 0 Å². The van der Waals surface area contributed by atoms with Gasteiger partial charge in [0.2, 0.25) is 15.9 Å². The van der Waals surface area contributed by atoms with E-state index in [0.717, 1.165) is 23.3 Å². The molecule has 0 unspecified atom stereocenters. The Morgan fingerprint density at radius 3 is 2.41 bits per heavy atom. The lowest BCUT2D eigenvalue weighted by Crippen LogP contribution is -2.28. The summed E-state index contributed by atoms with van der Waals surface area (Å²) in [7, 11) is -2.08. The number of anilines is 1. The van der Waals surface area contributed by atoms with E-state index in [1.807, 2.05) is 38.1 Å². The molecule has 3 rings (SSSR count). The Morgan fingerprint density at radius 2 is 1.79 bits per heavy atom. The van der Waals surface area contributed by atoms with Crippen LogP contribution < -0.4 is 10.1 Å². The lowest BCUT2D eigenvalue weighted by molar-refractivity contribution is -0.115. The summed E-state index contributed by atoms with van der Waals surface area (Å²) in [6, 6.07) is 12.5. The molecule has 1 heterocycles. The number of carbonyl (C=O) groups excluding carboxylic acids is 1. The van der Waals surface area contributed by atoms with Crippen molar-refractivity contribution >= 4 is 33.4 Å². The highest BCUT2D eigenvalue weighted by Crippen LogP contribution is 2.31. The van der Waals surface area contributed by atoms with Crippen molar-refractivity contribution < 1.29 is 17.9 Å². The monoisotopic (exact) mass is 434 g/mol. The van der Waals surface area contributed by atoms with Crippen LogP contribution in [0.2, 0.25) is 0 Å². The highest BCUT2D eigenvalue weighted by atomic mass is 32.2. The summed E-state index contributed by atoms with van der Waals surface area (Å²) < 4.78 is 32.5. The second-order valence-corrected chi connectivity index (χ2v) is 10.4. The minimum atomic E-state index is -3.57. The second-order valence-electron chi connectivity index (χ2n) is 7.04. The number of benzene rings is 2. The van der Waals surface area contributed by atoms with Gasteiger partial charge in [-0.2, -0.15) is 4.31 Å². The Morgan fingerprint density at radius 1 is 1.14 bits per heavy atom. The van der Waals surface area contributed by atoms with E-state index in [4.69, 9.17) is 4.74 Å². The Labute approximate surface area is 176 Å². The SMILES string of the molecule is COc1ccc(S(=O)(=O)N2CCCC2)cc1NC(=O)[C@H](C)Sc1ccc(C)cc1. The molecule has 1 saturated heterocycles. The van der Waals surface area contributed by atoms with Crippen molar-refractivity contribution in [1.29, 1.82) is 0 Å². The molecule has 1 N–H and O–H groups in total. The number of nitrogens with one attached hydrogen (secondary N) is 1. The molecule has 8 heteroatoms. The summed E-state index contributed by atoms with van der Waals surface area (Å²) in [5, 5.41) is 2.47. The van der Waals surface area contributed by atoms with Gasteiger partial charge in [0.1, 0.15) is 5.75 Å². The zero-order valence-electron chi connectivity index (χ0n) is 16.8. The minimum absolute atomic E-state index is 0.161. The van der Waals surface area contributed by atoms with Gasteiger partial charge in [-0.05, 0) is 57.0 Å². The predicted molar refractivity (Wildman–Crippen MR) is 116 cm³/mol. The van der Waals surface area contributed by atoms with Gasteiger partial charge in [-0.25, -0.2) is 8.42 Å². The van der Waals surface area contributed by atoms with Gasteiger partial charge in [0, 0.05) is 18.0 Å². The average molecular weight is 435 g/mol. The molecular weight excluding hydrogens is 408 g/mol. The molecule has 0 bridgehead atoms. The van der Waals surface area contributed by atoms with E-state index in [1.165, 1.54) is 35.3 Å². The van der Waals surface area contributed by atoms with Crippen LogP contribution >= 0.6 is 11.8 Å². The van der Waals surface area contributed by atoms with E-state index < -0.39 is 10.0 Å². The summed E-state index contributed by atoms with van der Waals surface area (Å²) in [6.45, 7) is 4.89. The molecule has 1 aliphatic rings. The summed E-state index contributed by atoms with van der Waals surface area (Å²) in [5.74, 6) is 0.204. The number of amides is 1. The molecule has 1 aliphatic heterocycles. The van der Waals surface area contributed by atoms with Gasteiger partial charge in [-0.15, -0.1) is 11.8 Å². The first-order chi connectivity index (χ1) is 13.8. The van der Waals surface area contributed by atoms with E-state index in [-0.39, 0.29) is 16.1 Å². The van der Waals surface area contributed by atoms with E-state index in [0.29, 0.717) is 24.5 Å². The van der Waals surface area contributed by atoms with E-state index >= 15 is 0 Å². The van der Waals surface area contributed by atoms with Crippen molar-refractivity contribution in [2.24, 2.45) is 0 Å². The summed E-state index contributed by atoms with van der Waals surface area (Å²) >= 11 is 1.44. The zero-order valence-corrected chi connectivity index (χ0v) is 18.5. The fourth-order valence-electron chi connectivity index (χ4n) is 3.13.